The zero-order chi connectivity index (χ0) is 8.85. The molecular weight excluding hydrogens is 138 g/mol. The van der Waals surface area contributed by atoms with Crippen molar-refractivity contribution in [1.82, 2.24) is 0 Å². The lowest BCUT2D eigenvalue weighted by Crippen LogP contribution is -2.01. The molecule has 0 amide bonds. The monoisotopic (exact) mass is 153 g/mol. The molecule has 0 unspecified atom stereocenters. The molecule has 0 aliphatic carbocycles. The standard InChI is InChI=1S/C9H15NO/c1-5-7(2)6-9(10)8(3)11-4/h5-6H,3,10H2,1-2,4H3/b7-5-,9-6+. The Bertz CT molecular complexity index is 202. The second kappa shape index (κ2) is 4.61. The number of ether oxygens (including phenoxy) is 1. The summed E-state index contributed by atoms with van der Waals surface area (Å²) in [5.41, 5.74) is 7.27. The second-order valence-corrected chi connectivity index (χ2v) is 2.26. The van der Waals surface area contributed by atoms with Crippen LogP contribution in [0.3, 0.4) is 0 Å². The second-order valence-electron chi connectivity index (χ2n) is 2.26. The Labute approximate surface area is 68.0 Å². The zero-order valence-electron chi connectivity index (χ0n) is 7.35. The zero-order valence-corrected chi connectivity index (χ0v) is 7.35. The van der Waals surface area contributed by atoms with Gasteiger partial charge in [0.25, 0.3) is 0 Å². The summed E-state index contributed by atoms with van der Waals surface area (Å²) in [6.07, 6.45) is 3.79. The fourth-order valence-electron chi connectivity index (χ4n) is 0.527. The van der Waals surface area contributed by atoms with Gasteiger partial charge in [-0.2, -0.15) is 0 Å². The smallest absolute Gasteiger partial charge is 0.134 e. The van der Waals surface area contributed by atoms with Crippen LogP contribution in [0.4, 0.5) is 0 Å². The van der Waals surface area contributed by atoms with Crippen LogP contribution in [-0.2, 0) is 4.74 Å². The summed E-state index contributed by atoms with van der Waals surface area (Å²) in [4.78, 5) is 0. The molecule has 0 rings (SSSR count). The summed E-state index contributed by atoms with van der Waals surface area (Å²) in [6, 6.07) is 0. The van der Waals surface area contributed by atoms with E-state index in [2.05, 4.69) is 6.58 Å². The van der Waals surface area contributed by atoms with Gasteiger partial charge >= 0.3 is 0 Å². The maximum absolute atomic E-state index is 5.60. The van der Waals surface area contributed by atoms with Gasteiger partial charge in [0, 0.05) is 0 Å². The molecule has 2 nitrogen and oxygen atoms in total. The van der Waals surface area contributed by atoms with Crippen molar-refractivity contribution in [2.45, 2.75) is 13.8 Å². The van der Waals surface area contributed by atoms with Crippen LogP contribution in [0, 0.1) is 0 Å². The van der Waals surface area contributed by atoms with Crippen molar-refractivity contribution in [3.63, 3.8) is 0 Å². The molecular formula is C9H15NO. The number of methoxy groups -OCH3 is 1. The number of nitrogens with two attached hydrogens (primary N) is 1. The van der Waals surface area contributed by atoms with Crippen LogP contribution in [0.2, 0.25) is 0 Å². The average molecular weight is 153 g/mol. The highest BCUT2D eigenvalue weighted by Gasteiger charge is 1.94. The highest BCUT2D eigenvalue weighted by Crippen LogP contribution is 2.04. The molecule has 0 heterocycles. The minimum Gasteiger partial charge on any atom is -0.495 e. The maximum Gasteiger partial charge on any atom is 0.134 e. The van der Waals surface area contributed by atoms with E-state index < -0.39 is 0 Å². The van der Waals surface area contributed by atoms with Crippen molar-refractivity contribution in [1.29, 1.82) is 0 Å². The minimum atomic E-state index is 0.506. The molecule has 0 aliphatic heterocycles. The van der Waals surface area contributed by atoms with E-state index in [9.17, 15) is 0 Å². The topological polar surface area (TPSA) is 35.2 Å². The number of hydrogen-bond acceptors (Lipinski definition) is 2. The molecule has 11 heavy (non-hydrogen) atoms. The Balaban J connectivity index is 4.34. The molecule has 0 saturated heterocycles. The molecule has 0 radical (unpaired) electrons. The predicted octanol–water partition coefficient (Wildman–Crippen LogP) is 1.96. The molecule has 0 saturated carbocycles. The Morgan fingerprint density at radius 3 is 2.45 bits per heavy atom. The highest BCUT2D eigenvalue weighted by atomic mass is 16.5. The van der Waals surface area contributed by atoms with Gasteiger partial charge in [-0.05, 0) is 19.9 Å². The average Bonchev–Trinajstić information content (AvgIpc) is 2.02. The molecule has 2 N–H and O–H groups in total. The van der Waals surface area contributed by atoms with E-state index in [4.69, 9.17) is 10.5 Å². The van der Waals surface area contributed by atoms with Crippen molar-refractivity contribution in [3.05, 3.63) is 35.8 Å². The number of hydrogen-bond donors (Lipinski definition) is 1. The van der Waals surface area contributed by atoms with E-state index in [-0.39, 0.29) is 0 Å². The van der Waals surface area contributed by atoms with Gasteiger partial charge in [0.2, 0.25) is 0 Å². The van der Waals surface area contributed by atoms with Crippen molar-refractivity contribution in [3.8, 4) is 0 Å². The normalized spacial score (nSPS) is 13.0. The van der Waals surface area contributed by atoms with Crippen LogP contribution in [0.15, 0.2) is 35.8 Å². The summed E-state index contributed by atoms with van der Waals surface area (Å²) in [7, 11) is 1.55. The van der Waals surface area contributed by atoms with E-state index in [0.29, 0.717) is 11.5 Å². The van der Waals surface area contributed by atoms with Gasteiger partial charge in [-0.3, -0.25) is 0 Å². The van der Waals surface area contributed by atoms with Crippen molar-refractivity contribution in [2.75, 3.05) is 7.11 Å². The lowest BCUT2D eigenvalue weighted by atomic mass is 10.2. The first-order chi connectivity index (χ1) is 5.11. The maximum atomic E-state index is 5.60. The molecule has 0 aromatic rings. The van der Waals surface area contributed by atoms with Crippen LogP contribution in [-0.4, -0.2) is 7.11 Å². The summed E-state index contributed by atoms with van der Waals surface area (Å²) in [5, 5.41) is 0. The van der Waals surface area contributed by atoms with Gasteiger partial charge in [0.05, 0.1) is 12.8 Å². The molecule has 0 bridgehead atoms. The van der Waals surface area contributed by atoms with E-state index in [0.717, 1.165) is 5.57 Å². The highest BCUT2D eigenvalue weighted by molar-refractivity contribution is 5.28. The van der Waals surface area contributed by atoms with Crippen molar-refractivity contribution in [2.24, 2.45) is 5.73 Å². The van der Waals surface area contributed by atoms with E-state index in [1.54, 1.807) is 7.11 Å². The van der Waals surface area contributed by atoms with Crippen LogP contribution < -0.4 is 5.73 Å². The molecule has 0 aromatic carbocycles. The van der Waals surface area contributed by atoms with E-state index >= 15 is 0 Å². The summed E-state index contributed by atoms with van der Waals surface area (Å²) < 4.78 is 4.84. The third kappa shape index (κ3) is 3.50. The predicted molar refractivity (Wildman–Crippen MR) is 47.9 cm³/mol. The first-order valence-electron chi connectivity index (χ1n) is 3.45. The van der Waals surface area contributed by atoms with Gasteiger partial charge in [-0.1, -0.05) is 18.2 Å². The molecule has 0 atom stereocenters. The molecule has 2 heteroatoms. The molecule has 0 fully saturated rings. The fourth-order valence-corrected chi connectivity index (χ4v) is 0.527. The minimum absolute atomic E-state index is 0.506. The first kappa shape index (κ1) is 9.82. The Hall–Kier alpha value is -1.18. The molecule has 0 spiro atoms. The molecule has 0 aromatic heterocycles. The van der Waals surface area contributed by atoms with Crippen LogP contribution in [0.25, 0.3) is 0 Å². The Morgan fingerprint density at radius 1 is 1.55 bits per heavy atom. The van der Waals surface area contributed by atoms with Gasteiger partial charge in [0.1, 0.15) is 5.76 Å². The molecule has 62 valence electrons. The first-order valence-corrected chi connectivity index (χ1v) is 3.45. The van der Waals surface area contributed by atoms with Gasteiger partial charge < -0.3 is 10.5 Å². The summed E-state index contributed by atoms with van der Waals surface area (Å²) in [5.74, 6) is 0.506. The number of allylic oxidation sites excluding steroid dienone is 3. The quantitative estimate of drug-likeness (QED) is 0.497. The number of rotatable bonds is 3. The van der Waals surface area contributed by atoms with E-state index in [1.165, 1.54) is 0 Å². The largest absolute Gasteiger partial charge is 0.495 e. The van der Waals surface area contributed by atoms with Crippen molar-refractivity contribution >= 4 is 0 Å². The third-order valence-corrected chi connectivity index (χ3v) is 1.41. The van der Waals surface area contributed by atoms with Crippen molar-refractivity contribution < 1.29 is 4.74 Å². The van der Waals surface area contributed by atoms with Gasteiger partial charge in [0.15, 0.2) is 0 Å². The summed E-state index contributed by atoms with van der Waals surface area (Å²) in [6.45, 7) is 7.54. The SMILES string of the molecule is C=C(OC)/C(N)=C\C(C)=C/C. The lowest BCUT2D eigenvalue weighted by Gasteiger charge is -2.03. The Morgan fingerprint density at radius 2 is 2.09 bits per heavy atom. The van der Waals surface area contributed by atoms with Gasteiger partial charge in [-0.15, -0.1) is 0 Å². The lowest BCUT2D eigenvalue weighted by molar-refractivity contribution is 0.302. The van der Waals surface area contributed by atoms with Crippen LogP contribution in [0.1, 0.15) is 13.8 Å². The third-order valence-electron chi connectivity index (χ3n) is 1.41. The van der Waals surface area contributed by atoms with Crippen LogP contribution in [0.5, 0.6) is 0 Å². The fraction of sp³-hybridized carbons (Fsp3) is 0.333. The van der Waals surface area contributed by atoms with Crippen LogP contribution >= 0.6 is 0 Å². The summed E-state index contributed by atoms with van der Waals surface area (Å²) >= 11 is 0. The Kier molecular flexibility index (Phi) is 4.11. The van der Waals surface area contributed by atoms with Gasteiger partial charge in [-0.25, -0.2) is 0 Å². The molecule has 0 aliphatic rings. The van der Waals surface area contributed by atoms with E-state index in [1.807, 2.05) is 26.0 Å².